The van der Waals surface area contributed by atoms with Crippen LogP contribution in [0, 0.1) is 0 Å². The highest BCUT2D eigenvalue weighted by Crippen LogP contribution is 2.31. The Kier molecular flexibility index (Phi) is 12.4. The molecule has 0 unspecified atom stereocenters. The third-order valence-corrected chi connectivity index (χ3v) is 6.90. The van der Waals surface area contributed by atoms with Gasteiger partial charge in [-0.1, -0.05) is 102 Å². The van der Waals surface area contributed by atoms with Gasteiger partial charge in [0.25, 0.3) is 0 Å². The zero-order chi connectivity index (χ0) is 27.9. The van der Waals surface area contributed by atoms with Gasteiger partial charge >= 0.3 is 0 Å². The molecular formula is C31H33ClN4O2S. The molecule has 3 aromatic rings. The van der Waals surface area contributed by atoms with Crippen molar-refractivity contribution in [1.29, 1.82) is 0 Å². The summed E-state index contributed by atoms with van der Waals surface area (Å²) in [6, 6.07) is 25.2. The topological polar surface area (TPSA) is 82.6 Å². The summed E-state index contributed by atoms with van der Waals surface area (Å²) in [5.41, 5.74) is 7.89. The van der Waals surface area contributed by atoms with E-state index < -0.39 is 0 Å². The molecule has 0 saturated carbocycles. The molecule has 202 valence electrons. The third-order valence-electron chi connectivity index (χ3n) is 5.47. The molecule has 3 rings (SSSR count). The van der Waals surface area contributed by atoms with E-state index in [1.54, 1.807) is 17.8 Å². The fourth-order valence-electron chi connectivity index (χ4n) is 3.53. The number of benzene rings is 3. The van der Waals surface area contributed by atoms with Crippen molar-refractivity contribution in [2.75, 3.05) is 6.54 Å². The molecule has 0 bridgehead atoms. The molecule has 0 aliphatic rings. The van der Waals surface area contributed by atoms with Gasteiger partial charge in [-0.3, -0.25) is 25.4 Å². The van der Waals surface area contributed by atoms with E-state index in [0.717, 1.165) is 38.9 Å². The Morgan fingerprint density at radius 1 is 0.897 bits per heavy atom. The Bertz CT molecular complexity index is 1320. The monoisotopic (exact) mass is 560 g/mol. The van der Waals surface area contributed by atoms with Crippen LogP contribution in [0.5, 0.6) is 0 Å². The van der Waals surface area contributed by atoms with Crippen LogP contribution in [0.1, 0.15) is 37.0 Å². The number of nitrogens with one attached hydrogen (secondary N) is 3. The van der Waals surface area contributed by atoms with Crippen LogP contribution in [0.2, 0.25) is 5.02 Å². The summed E-state index contributed by atoms with van der Waals surface area (Å²) in [7, 11) is 0. The molecule has 0 heterocycles. The number of rotatable bonds is 11. The third kappa shape index (κ3) is 10.5. The lowest BCUT2D eigenvalue weighted by atomic mass is 10.1. The number of carbonyl (C=O) groups excluding carboxylic acids is 2. The minimum absolute atomic E-state index is 0.135. The Morgan fingerprint density at radius 3 is 2.31 bits per heavy atom. The lowest BCUT2D eigenvalue weighted by Gasteiger charge is -2.14. The molecule has 0 aromatic heterocycles. The first-order valence-electron chi connectivity index (χ1n) is 12.7. The van der Waals surface area contributed by atoms with E-state index in [4.69, 9.17) is 16.6 Å². The van der Waals surface area contributed by atoms with Crippen LogP contribution in [-0.4, -0.2) is 24.2 Å². The second kappa shape index (κ2) is 16.2. The maximum absolute atomic E-state index is 12.2. The van der Waals surface area contributed by atoms with Crippen molar-refractivity contribution in [3.8, 4) is 0 Å². The van der Waals surface area contributed by atoms with Crippen molar-refractivity contribution in [1.82, 2.24) is 16.2 Å². The summed E-state index contributed by atoms with van der Waals surface area (Å²) >= 11 is 7.61. The average molecular weight is 561 g/mol. The van der Waals surface area contributed by atoms with E-state index in [2.05, 4.69) is 22.2 Å². The summed E-state index contributed by atoms with van der Waals surface area (Å²) in [5, 5.41) is 4.10. The van der Waals surface area contributed by atoms with Crippen LogP contribution in [0.15, 0.2) is 112 Å². The first-order valence-corrected chi connectivity index (χ1v) is 13.9. The number of amides is 2. The van der Waals surface area contributed by atoms with Crippen LogP contribution in [0.4, 0.5) is 0 Å². The van der Waals surface area contributed by atoms with Crippen LogP contribution in [0.3, 0.4) is 0 Å². The molecule has 0 aliphatic carbocycles. The average Bonchev–Trinajstić information content (AvgIpc) is 2.95. The minimum Gasteiger partial charge on any atom is -0.370 e. The van der Waals surface area contributed by atoms with E-state index in [9.17, 15) is 9.59 Å². The zero-order valence-corrected chi connectivity index (χ0v) is 23.7. The molecule has 0 radical (unpaired) electrons. The maximum atomic E-state index is 12.2. The normalized spacial score (nSPS) is 11.9. The number of allylic oxidation sites excluding steroid dienone is 2. The highest BCUT2D eigenvalue weighted by molar-refractivity contribution is 8.03. The predicted octanol–water partition coefficient (Wildman–Crippen LogP) is 6.23. The quantitative estimate of drug-likeness (QED) is 0.0853. The molecule has 0 spiro atoms. The van der Waals surface area contributed by atoms with Gasteiger partial charge in [0.05, 0.1) is 13.0 Å². The number of nitrogens with zero attached hydrogens (tertiary/aromatic N) is 1. The van der Waals surface area contributed by atoms with Crippen molar-refractivity contribution in [3.63, 3.8) is 0 Å². The number of hydrogen-bond acceptors (Lipinski definition) is 4. The zero-order valence-electron chi connectivity index (χ0n) is 22.1. The summed E-state index contributed by atoms with van der Waals surface area (Å²) in [5.74, 6) is 0.256. The first-order chi connectivity index (χ1) is 19.0. The first kappa shape index (κ1) is 29.7. The summed E-state index contributed by atoms with van der Waals surface area (Å²) in [4.78, 5) is 31.1. The molecular weight excluding hydrogens is 528 g/mol. The molecule has 0 saturated heterocycles. The molecule has 3 aromatic carbocycles. The molecule has 0 aliphatic heterocycles. The lowest BCUT2D eigenvalue weighted by molar-refractivity contribution is -0.128. The fraction of sp³-hybridized carbons (Fsp3) is 0.194. The van der Waals surface area contributed by atoms with Crippen molar-refractivity contribution >= 4 is 41.0 Å². The van der Waals surface area contributed by atoms with Gasteiger partial charge in [0.1, 0.15) is 5.84 Å². The highest BCUT2D eigenvalue weighted by Gasteiger charge is 2.11. The van der Waals surface area contributed by atoms with Crippen LogP contribution in [-0.2, 0) is 22.6 Å². The van der Waals surface area contributed by atoms with Crippen LogP contribution < -0.4 is 16.2 Å². The van der Waals surface area contributed by atoms with Crippen molar-refractivity contribution in [2.24, 2.45) is 4.99 Å². The second-order valence-electron chi connectivity index (χ2n) is 8.48. The van der Waals surface area contributed by atoms with Crippen LogP contribution >= 0.6 is 23.4 Å². The summed E-state index contributed by atoms with van der Waals surface area (Å²) in [6.07, 6.45) is 6.02. The Hall–Kier alpha value is -3.81. The number of carbonyl (C=O) groups is 2. The predicted molar refractivity (Wildman–Crippen MR) is 162 cm³/mol. The number of halogens is 1. The van der Waals surface area contributed by atoms with Gasteiger partial charge in [-0.2, -0.15) is 0 Å². The lowest BCUT2D eigenvalue weighted by Crippen LogP contribution is -2.42. The molecule has 6 nitrogen and oxygen atoms in total. The molecule has 39 heavy (non-hydrogen) atoms. The number of aliphatic imine (C=N–C) groups is 1. The number of thioether (sulfide) groups is 1. The number of amidine groups is 1. The van der Waals surface area contributed by atoms with Gasteiger partial charge < -0.3 is 5.32 Å². The van der Waals surface area contributed by atoms with Gasteiger partial charge in [-0.05, 0) is 43.2 Å². The molecule has 3 N–H and O–H groups in total. The second-order valence-corrected chi connectivity index (χ2v) is 10.0. The van der Waals surface area contributed by atoms with Gasteiger partial charge in [0.15, 0.2) is 0 Å². The SMILES string of the molecule is C/C=C(\C=C/CC(=O)NNC(=O)Cc1ccccc1)Sc1ccccc1C(=NCc1ccc(Cl)cc1)NCC. The largest absolute Gasteiger partial charge is 0.370 e. The number of hydrogen-bond donors (Lipinski definition) is 3. The summed E-state index contributed by atoms with van der Waals surface area (Å²) in [6.45, 7) is 5.28. The van der Waals surface area contributed by atoms with Crippen molar-refractivity contribution in [2.45, 2.75) is 38.1 Å². The number of hydrazine groups is 1. The van der Waals surface area contributed by atoms with E-state index in [-0.39, 0.29) is 24.7 Å². The Balaban J connectivity index is 1.58. The highest BCUT2D eigenvalue weighted by atomic mass is 35.5. The molecule has 8 heteroatoms. The van der Waals surface area contributed by atoms with Crippen molar-refractivity contribution in [3.05, 3.63) is 124 Å². The summed E-state index contributed by atoms with van der Waals surface area (Å²) < 4.78 is 0. The smallest absolute Gasteiger partial charge is 0.242 e. The maximum Gasteiger partial charge on any atom is 0.242 e. The Morgan fingerprint density at radius 2 is 1.59 bits per heavy atom. The van der Waals surface area contributed by atoms with E-state index >= 15 is 0 Å². The van der Waals surface area contributed by atoms with E-state index in [0.29, 0.717) is 11.6 Å². The van der Waals surface area contributed by atoms with Gasteiger partial charge in [-0.15, -0.1) is 0 Å². The molecule has 2 amide bonds. The van der Waals surface area contributed by atoms with Gasteiger partial charge in [0, 0.05) is 33.4 Å². The van der Waals surface area contributed by atoms with Gasteiger partial charge in [0.2, 0.25) is 11.8 Å². The van der Waals surface area contributed by atoms with E-state index in [1.807, 2.05) is 98.8 Å². The van der Waals surface area contributed by atoms with Crippen molar-refractivity contribution < 1.29 is 9.59 Å². The fourth-order valence-corrected chi connectivity index (χ4v) is 4.61. The van der Waals surface area contributed by atoms with Crippen LogP contribution in [0.25, 0.3) is 0 Å². The minimum atomic E-state index is -0.294. The Labute approximate surface area is 239 Å². The van der Waals surface area contributed by atoms with Gasteiger partial charge in [-0.25, -0.2) is 0 Å². The standard InChI is InChI=1S/C31H33ClN4O2S/c1-3-26(13-10-16-29(37)35-36-30(38)21-23-11-6-5-7-12-23)39-28-15-9-8-14-27(28)31(33-4-2)34-22-24-17-19-25(32)20-18-24/h3,5-15,17-20H,4,16,21-22H2,1-2H3,(H,33,34)(H,35,37)(H,36,38)/b13-10-,26-3+. The van der Waals surface area contributed by atoms with E-state index in [1.165, 1.54) is 0 Å². The molecule has 0 atom stereocenters. The molecule has 0 fully saturated rings.